The van der Waals surface area contributed by atoms with Gasteiger partial charge < -0.3 is 4.90 Å². The second-order valence-corrected chi connectivity index (χ2v) is 2.49. The maximum atomic E-state index is 4.35. The Morgan fingerprint density at radius 3 is 3.00 bits per heavy atom. The normalized spacial score (nSPS) is 18.6. The highest BCUT2D eigenvalue weighted by molar-refractivity contribution is 5.84. The molecule has 0 aromatic carbocycles. The average Bonchev–Trinajstić information content (AvgIpc) is 2.31. The van der Waals surface area contributed by atoms with Crippen LogP contribution in [0.2, 0.25) is 0 Å². The first kappa shape index (κ1) is 7.32. The van der Waals surface area contributed by atoms with Gasteiger partial charge in [-0.2, -0.15) is 0 Å². The third-order valence-electron chi connectivity index (χ3n) is 1.71. The number of nitrogens with zero attached hydrogens (tertiary/aromatic N) is 2. The summed E-state index contributed by atoms with van der Waals surface area (Å²) in [6, 6.07) is 0. The first-order valence-corrected chi connectivity index (χ1v) is 3.70. The van der Waals surface area contributed by atoms with E-state index in [2.05, 4.69) is 29.1 Å². The van der Waals surface area contributed by atoms with Gasteiger partial charge in [0.05, 0.1) is 6.54 Å². The zero-order valence-electron chi connectivity index (χ0n) is 6.67. The molecule has 0 amide bonds. The van der Waals surface area contributed by atoms with E-state index in [0.29, 0.717) is 0 Å². The summed E-state index contributed by atoms with van der Waals surface area (Å²) in [6.07, 6.45) is 5.20. The topological polar surface area (TPSA) is 15.6 Å². The molecular formula is C8H14N2. The van der Waals surface area contributed by atoms with Crippen molar-refractivity contribution in [2.45, 2.75) is 13.3 Å². The quantitative estimate of drug-likeness (QED) is 0.525. The Labute approximate surface area is 62.3 Å². The van der Waals surface area contributed by atoms with Crippen molar-refractivity contribution in [2.75, 3.05) is 20.1 Å². The molecule has 1 rings (SSSR count). The Kier molecular flexibility index (Phi) is 2.49. The summed E-state index contributed by atoms with van der Waals surface area (Å²) in [4.78, 5) is 6.55. The van der Waals surface area contributed by atoms with Gasteiger partial charge in [-0.3, -0.25) is 4.99 Å². The molecule has 1 aliphatic heterocycles. The molecule has 0 aromatic heterocycles. The predicted octanol–water partition coefficient (Wildman–Crippen LogP) is 1.30. The van der Waals surface area contributed by atoms with E-state index in [0.717, 1.165) is 19.5 Å². The zero-order chi connectivity index (χ0) is 7.40. The van der Waals surface area contributed by atoms with Crippen molar-refractivity contribution >= 4 is 5.84 Å². The number of hydrogen-bond acceptors (Lipinski definition) is 2. The van der Waals surface area contributed by atoms with Crippen LogP contribution in [0.1, 0.15) is 13.3 Å². The summed E-state index contributed by atoms with van der Waals surface area (Å²) in [6.45, 7) is 4.10. The standard InChI is InChI=1S/C8H14N2/c1-3-4-5-8-9-6-7-10(8)2/h3-4H,5-7H2,1-2H3/b4-3-. The Bertz CT molecular complexity index is 159. The highest BCUT2D eigenvalue weighted by Crippen LogP contribution is 2.01. The van der Waals surface area contributed by atoms with Crippen molar-refractivity contribution in [1.29, 1.82) is 0 Å². The van der Waals surface area contributed by atoms with Gasteiger partial charge in [0.15, 0.2) is 0 Å². The van der Waals surface area contributed by atoms with Crippen molar-refractivity contribution in [3.8, 4) is 0 Å². The average molecular weight is 138 g/mol. The minimum Gasteiger partial charge on any atom is -0.361 e. The molecule has 0 bridgehead atoms. The van der Waals surface area contributed by atoms with E-state index in [1.54, 1.807) is 0 Å². The summed E-state index contributed by atoms with van der Waals surface area (Å²) in [5.74, 6) is 1.22. The molecule has 0 radical (unpaired) electrons. The van der Waals surface area contributed by atoms with Crippen molar-refractivity contribution < 1.29 is 0 Å². The predicted molar refractivity (Wildman–Crippen MR) is 44.4 cm³/mol. The molecule has 0 fully saturated rings. The number of allylic oxidation sites excluding steroid dienone is 1. The lowest BCUT2D eigenvalue weighted by molar-refractivity contribution is 0.549. The van der Waals surface area contributed by atoms with Crippen LogP contribution in [0.3, 0.4) is 0 Å². The van der Waals surface area contributed by atoms with Crippen LogP contribution in [0.15, 0.2) is 17.1 Å². The molecule has 0 saturated carbocycles. The van der Waals surface area contributed by atoms with Gasteiger partial charge in [-0.15, -0.1) is 0 Å². The SMILES string of the molecule is C/C=C\CC1=NCCN1C. The first-order valence-electron chi connectivity index (χ1n) is 3.70. The second kappa shape index (κ2) is 3.40. The van der Waals surface area contributed by atoms with Crippen LogP contribution < -0.4 is 0 Å². The van der Waals surface area contributed by atoms with Crippen molar-refractivity contribution in [3.63, 3.8) is 0 Å². The second-order valence-electron chi connectivity index (χ2n) is 2.49. The minimum atomic E-state index is 0.976. The molecular weight excluding hydrogens is 124 g/mol. The number of hydrogen-bond donors (Lipinski definition) is 0. The number of rotatable bonds is 2. The van der Waals surface area contributed by atoms with Crippen molar-refractivity contribution in [2.24, 2.45) is 4.99 Å². The Morgan fingerprint density at radius 2 is 2.50 bits per heavy atom. The highest BCUT2D eigenvalue weighted by atomic mass is 15.2. The van der Waals surface area contributed by atoms with E-state index >= 15 is 0 Å². The molecule has 0 spiro atoms. The van der Waals surface area contributed by atoms with Gasteiger partial charge in [-0.05, 0) is 6.92 Å². The molecule has 2 nitrogen and oxygen atoms in total. The summed E-state index contributed by atoms with van der Waals surface area (Å²) < 4.78 is 0. The van der Waals surface area contributed by atoms with E-state index in [-0.39, 0.29) is 0 Å². The fraction of sp³-hybridized carbons (Fsp3) is 0.625. The van der Waals surface area contributed by atoms with E-state index in [9.17, 15) is 0 Å². The van der Waals surface area contributed by atoms with Gasteiger partial charge >= 0.3 is 0 Å². The molecule has 1 aliphatic rings. The number of aliphatic imine (C=N–C) groups is 1. The van der Waals surface area contributed by atoms with Crippen LogP contribution in [0.5, 0.6) is 0 Å². The minimum absolute atomic E-state index is 0.976. The molecule has 56 valence electrons. The molecule has 2 heteroatoms. The number of amidine groups is 1. The molecule has 0 atom stereocenters. The van der Waals surface area contributed by atoms with Gasteiger partial charge in [0.2, 0.25) is 0 Å². The fourth-order valence-corrected chi connectivity index (χ4v) is 1.02. The largest absolute Gasteiger partial charge is 0.361 e. The van der Waals surface area contributed by atoms with Crippen molar-refractivity contribution in [1.82, 2.24) is 4.90 Å². The van der Waals surface area contributed by atoms with E-state index in [1.165, 1.54) is 5.84 Å². The number of likely N-dealkylation sites (N-methyl/N-ethyl adjacent to an activating group) is 1. The molecule has 0 aliphatic carbocycles. The van der Waals surface area contributed by atoms with Gasteiger partial charge in [-0.25, -0.2) is 0 Å². The smallest absolute Gasteiger partial charge is 0.103 e. The lowest BCUT2D eigenvalue weighted by atomic mass is 10.3. The van der Waals surface area contributed by atoms with Crippen LogP contribution in [-0.2, 0) is 0 Å². The van der Waals surface area contributed by atoms with Gasteiger partial charge in [0.25, 0.3) is 0 Å². The van der Waals surface area contributed by atoms with E-state index in [1.807, 2.05) is 6.92 Å². The summed E-state index contributed by atoms with van der Waals surface area (Å²) in [5, 5.41) is 0. The van der Waals surface area contributed by atoms with Crippen LogP contribution >= 0.6 is 0 Å². The highest BCUT2D eigenvalue weighted by Gasteiger charge is 2.08. The monoisotopic (exact) mass is 138 g/mol. The van der Waals surface area contributed by atoms with E-state index < -0.39 is 0 Å². The van der Waals surface area contributed by atoms with Gasteiger partial charge in [0.1, 0.15) is 5.84 Å². The fourth-order valence-electron chi connectivity index (χ4n) is 1.02. The van der Waals surface area contributed by atoms with E-state index in [4.69, 9.17) is 0 Å². The maximum absolute atomic E-state index is 4.35. The molecule has 0 unspecified atom stereocenters. The Balaban J connectivity index is 2.40. The maximum Gasteiger partial charge on any atom is 0.103 e. The molecule has 0 saturated heterocycles. The molecule has 1 heterocycles. The Morgan fingerprint density at radius 1 is 1.70 bits per heavy atom. The Hall–Kier alpha value is -0.790. The summed E-state index contributed by atoms with van der Waals surface area (Å²) in [7, 11) is 2.09. The lowest BCUT2D eigenvalue weighted by Gasteiger charge is -2.10. The van der Waals surface area contributed by atoms with Gasteiger partial charge in [-0.1, -0.05) is 12.2 Å². The molecule has 10 heavy (non-hydrogen) atoms. The summed E-state index contributed by atoms with van der Waals surface area (Å²) in [5.41, 5.74) is 0. The lowest BCUT2D eigenvalue weighted by Crippen LogP contribution is -2.21. The first-order chi connectivity index (χ1) is 4.84. The molecule has 0 N–H and O–H groups in total. The van der Waals surface area contributed by atoms with Crippen LogP contribution in [-0.4, -0.2) is 30.9 Å². The van der Waals surface area contributed by atoms with Crippen LogP contribution in [0, 0.1) is 0 Å². The third kappa shape index (κ3) is 1.59. The van der Waals surface area contributed by atoms with Crippen molar-refractivity contribution in [3.05, 3.63) is 12.2 Å². The molecule has 0 aromatic rings. The summed E-state index contributed by atoms with van der Waals surface area (Å²) >= 11 is 0. The third-order valence-corrected chi connectivity index (χ3v) is 1.71. The van der Waals surface area contributed by atoms with Gasteiger partial charge in [0, 0.05) is 20.0 Å². The van der Waals surface area contributed by atoms with Crippen LogP contribution in [0.4, 0.5) is 0 Å². The zero-order valence-corrected chi connectivity index (χ0v) is 6.67. The van der Waals surface area contributed by atoms with Crippen LogP contribution in [0.25, 0.3) is 0 Å².